The van der Waals surface area contributed by atoms with Crippen LogP contribution in [-0.4, -0.2) is 0 Å². The van der Waals surface area contributed by atoms with Crippen LogP contribution in [0.2, 0.25) is 0 Å². The van der Waals surface area contributed by atoms with Gasteiger partial charge < -0.3 is 0 Å². The number of rotatable bonds is 0. The lowest BCUT2D eigenvalue weighted by Crippen LogP contribution is -2.11. The van der Waals surface area contributed by atoms with Crippen molar-refractivity contribution in [1.82, 2.24) is 0 Å². The molecule has 7 heteroatoms. The molecular formula is C8H3Cl6F. The van der Waals surface area contributed by atoms with Crippen molar-refractivity contribution in [2.45, 2.75) is 7.59 Å². The molecule has 0 spiro atoms. The van der Waals surface area contributed by atoms with E-state index in [0.717, 1.165) is 0 Å². The first kappa shape index (κ1) is 14.0. The van der Waals surface area contributed by atoms with Crippen molar-refractivity contribution >= 4 is 69.6 Å². The maximum atomic E-state index is 13.8. The van der Waals surface area contributed by atoms with E-state index in [4.69, 9.17) is 69.6 Å². The zero-order valence-electron chi connectivity index (χ0n) is 6.88. The molecule has 0 atom stereocenters. The van der Waals surface area contributed by atoms with Gasteiger partial charge in [0.05, 0.1) is 0 Å². The molecule has 0 unspecified atom stereocenters. The van der Waals surface area contributed by atoms with Gasteiger partial charge in [-0.15, -0.1) is 0 Å². The highest BCUT2D eigenvalue weighted by atomic mass is 35.6. The van der Waals surface area contributed by atoms with Gasteiger partial charge in [-0.2, -0.15) is 0 Å². The maximum absolute atomic E-state index is 13.8. The van der Waals surface area contributed by atoms with Crippen molar-refractivity contribution in [3.63, 3.8) is 0 Å². The van der Waals surface area contributed by atoms with Crippen LogP contribution in [0.1, 0.15) is 11.1 Å². The zero-order chi connectivity index (χ0) is 11.9. The van der Waals surface area contributed by atoms with Gasteiger partial charge >= 0.3 is 0 Å². The van der Waals surface area contributed by atoms with E-state index < -0.39 is 13.4 Å². The molecule has 0 amide bonds. The lowest BCUT2D eigenvalue weighted by Gasteiger charge is -2.18. The van der Waals surface area contributed by atoms with Crippen LogP contribution in [0.15, 0.2) is 18.2 Å². The minimum atomic E-state index is -1.89. The lowest BCUT2D eigenvalue weighted by atomic mass is 10.1. The molecule has 0 fully saturated rings. The van der Waals surface area contributed by atoms with E-state index in [2.05, 4.69) is 0 Å². The van der Waals surface area contributed by atoms with Crippen LogP contribution in [-0.2, 0) is 7.59 Å². The molecule has 0 saturated carbocycles. The molecule has 0 saturated heterocycles. The molecule has 0 radical (unpaired) electrons. The highest BCUT2D eigenvalue weighted by Gasteiger charge is 2.33. The van der Waals surface area contributed by atoms with Crippen molar-refractivity contribution in [2.24, 2.45) is 0 Å². The van der Waals surface area contributed by atoms with E-state index in [-0.39, 0.29) is 11.1 Å². The summed E-state index contributed by atoms with van der Waals surface area (Å²) in [5.41, 5.74) is -0.312. The minimum Gasteiger partial charge on any atom is -0.206 e. The average Bonchev–Trinajstić information content (AvgIpc) is 1.99. The molecule has 0 nitrogen and oxygen atoms in total. The molecule has 0 N–H and O–H groups in total. The summed E-state index contributed by atoms with van der Waals surface area (Å²) in [6, 6.07) is 4.06. The first-order valence-corrected chi connectivity index (χ1v) is 5.83. The van der Waals surface area contributed by atoms with Gasteiger partial charge in [0, 0.05) is 11.1 Å². The summed E-state index contributed by atoms with van der Waals surface area (Å²) in [7, 11) is 0. The zero-order valence-corrected chi connectivity index (χ0v) is 11.4. The monoisotopic (exact) mass is 328 g/mol. The Morgan fingerprint density at radius 3 is 1.40 bits per heavy atom. The minimum absolute atomic E-state index is 0.156. The second-order valence-corrected chi connectivity index (χ2v) is 7.23. The Hall–Kier alpha value is 0.890. The fourth-order valence-electron chi connectivity index (χ4n) is 0.970. The normalized spacial score (nSPS) is 13.0. The highest BCUT2D eigenvalue weighted by Crippen LogP contribution is 2.45. The predicted molar refractivity (Wildman–Crippen MR) is 64.9 cm³/mol. The number of alkyl halides is 6. The molecule has 0 aliphatic rings. The van der Waals surface area contributed by atoms with E-state index in [9.17, 15) is 4.39 Å². The van der Waals surface area contributed by atoms with Gasteiger partial charge in [0.25, 0.3) is 0 Å². The van der Waals surface area contributed by atoms with Crippen LogP contribution in [0.5, 0.6) is 0 Å². The Bertz CT molecular complexity index is 332. The van der Waals surface area contributed by atoms with E-state index in [0.29, 0.717) is 0 Å². The Labute approximate surface area is 116 Å². The molecule has 0 aliphatic heterocycles. The molecule has 0 aromatic heterocycles. The average molecular weight is 331 g/mol. The lowest BCUT2D eigenvalue weighted by molar-refractivity contribution is 0.598. The summed E-state index contributed by atoms with van der Waals surface area (Å²) in [4.78, 5) is 0. The molecule has 1 rings (SSSR count). The molecule has 15 heavy (non-hydrogen) atoms. The third kappa shape index (κ3) is 3.42. The van der Waals surface area contributed by atoms with Gasteiger partial charge in [0.1, 0.15) is 5.82 Å². The Balaban J connectivity index is 3.37. The largest absolute Gasteiger partial charge is 0.218 e. The van der Waals surface area contributed by atoms with Crippen molar-refractivity contribution in [3.8, 4) is 0 Å². The van der Waals surface area contributed by atoms with Gasteiger partial charge in [-0.25, -0.2) is 4.39 Å². The van der Waals surface area contributed by atoms with Crippen LogP contribution in [0.3, 0.4) is 0 Å². The smallest absolute Gasteiger partial charge is 0.206 e. The molecular weight excluding hydrogens is 328 g/mol. The van der Waals surface area contributed by atoms with Gasteiger partial charge in [0.2, 0.25) is 7.59 Å². The molecule has 0 heterocycles. The first-order chi connectivity index (χ1) is 6.64. The summed E-state index contributed by atoms with van der Waals surface area (Å²) in [6.07, 6.45) is 0. The van der Waals surface area contributed by atoms with Crippen LogP contribution >= 0.6 is 69.6 Å². The van der Waals surface area contributed by atoms with E-state index in [1.54, 1.807) is 0 Å². The number of hydrogen-bond donors (Lipinski definition) is 0. The SMILES string of the molecule is Fc1c(C(Cl)(Cl)Cl)cccc1C(Cl)(Cl)Cl. The molecule has 0 bridgehead atoms. The maximum Gasteiger partial charge on any atom is 0.218 e. The molecule has 0 aliphatic carbocycles. The van der Waals surface area contributed by atoms with Gasteiger partial charge in [0.15, 0.2) is 0 Å². The van der Waals surface area contributed by atoms with Gasteiger partial charge in [-0.1, -0.05) is 87.8 Å². The van der Waals surface area contributed by atoms with Crippen LogP contribution in [0, 0.1) is 5.82 Å². The van der Waals surface area contributed by atoms with Crippen LogP contribution < -0.4 is 0 Å². The number of hydrogen-bond acceptors (Lipinski definition) is 0. The second-order valence-electron chi connectivity index (χ2n) is 2.66. The van der Waals surface area contributed by atoms with Crippen molar-refractivity contribution in [1.29, 1.82) is 0 Å². The summed E-state index contributed by atoms with van der Waals surface area (Å²) in [6.45, 7) is 0. The van der Waals surface area contributed by atoms with Gasteiger partial charge in [-0.3, -0.25) is 0 Å². The van der Waals surface area contributed by atoms with Crippen molar-refractivity contribution in [3.05, 3.63) is 35.1 Å². The third-order valence-corrected chi connectivity index (χ3v) is 2.83. The number of benzene rings is 1. The summed E-state index contributed by atoms with van der Waals surface area (Å²) >= 11 is 33.3. The standard InChI is InChI=1S/C8H3Cl6F/c9-7(10,11)4-2-1-3-5(6(4)15)8(12,13)14/h1-3H. The Morgan fingerprint density at radius 1 is 0.800 bits per heavy atom. The molecule has 84 valence electrons. The summed E-state index contributed by atoms with van der Waals surface area (Å²) in [5, 5.41) is 0. The molecule has 1 aromatic rings. The Kier molecular flexibility index (Phi) is 4.31. The first-order valence-electron chi connectivity index (χ1n) is 3.57. The van der Waals surface area contributed by atoms with E-state index in [1.165, 1.54) is 18.2 Å². The van der Waals surface area contributed by atoms with Crippen molar-refractivity contribution in [2.75, 3.05) is 0 Å². The Morgan fingerprint density at radius 2 is 1.13 bits per heavy atom. The second kappa shape index (κ2) is 4.64. The fraction of sp³-hybridized carbons (Fsp3) is 0.250. The quantitative estimate of drug-likeness (QED) is 0.553. The van der Waals surface area contributed by atoms with E-state index in [1.807, 2.05) is 0 Å². The summed E-state index contributed by atoms with van der Waals surface area (Å²) < 4.78 is 9.97. The van der Waals surface area contributed by atoms with Gasteiger partial charge in [-0.05, 0) is 0 Å². The van der Waals surface area contributed by atoms with E-state index >= 15 is 0 Å². The summed E-state index contributed by atoms with van der Waals surface area (Å²) in [5.74, 6) is -0.836. The third-order valence-electron chi connectivity index (χ3n) is 1.61. The van der Waals surface area contributed by atoms with Crippen molar-refractivity contribution < 1.29 is 4.39 Å². The van der Waals surface area contributed by atoms with Crippen LogP contribution in [0.4, 0.5) is 4.39 Å². The predicted octanol–water partition coefficient (Wildman–Crippen LogP) is 5.48. The highest BCUT2D eigenvalue weighted by molar-refractivity contribution is 6.67. The molecule has 1 aromatic carbocycles. The number of halogens is 7. The topological polar surface area (TPSA) is 0 Å². The van der Waals surface area contributed by atoms with Crippen LogP contribution in [0.25, 0.3) is 0 Å². The fourth-order valence-corrected chi connectivity index (χ4v) is 1.85.